The molecule has 2 heterocycles. The largest absolute Gasteiger partial charge is 0.398 e. The number of rotatable bonds is 4. The van der Waals surface area contributed by atoms with Gasteiger partial charge < -0.3 is 15.6 Å². The van der Waals surface area contributed by atoms with Crippen LogP contribution in [0.2, 0.25) is 0 Å². The van der Waals surface area contributed by atoms with Gasteiger partial charge in [0.2, 0.25) is 0 Å². The number of nitrogens with one attached hydrogen (secondary N) is 2. The van der Waals surface area contributed by atoms with Crippen molar-refractivity contribution in [3.63, 3.8) is 0 Å². The van der Waals surface area contributed by atoms with E-state index in [2.05, 4.69) is 15.5 Å². The highest BCUT2D eigenvalue weighted by atomic mass is 16.5. The van der Waals surface area contributed by atoms with Crippen molar-refractivity contribution in [1.29, 1.82) is 10.7 Å². The lowest BCUT2D eigenvalue weighted by atomic mass is 10.0. The normalized spacial score (nSPS) is 10.4. The van der Waals surface area contributed by atoms with Crippen molar-refractivity contribution in [2.24, 2.45) is 0 Å². The number of carbonyl (C=O) groups excluding carboxylic acids is 1. The lowest BCUT2D eigenvalue weighted by Gasteiger charge is -2.12. The van der Waals surface area contributed by atoms with E-state index in [1.807, 2.05) is 6.07 Å². The van der Waals surface area contributed by atoms with E-state index in [0.717, 1.165) is 0 Å². The average Bonchev–Trinajstić information content (AvgIpc) is 3.11. The summed E-state index contributed by atoms with van der Waals surface area (Å²) in [5.74, 6) is -0.129. The number of nitrogens with zero attached hydrogens (tertiary/aromatic N) is 3. The van der Waals surface area contributed by atoms with Gasteiger partial charge in [0.15, 0.2) is 5.76 Å². The van der Waals surface area contributed by atoms with Gasteiger partial charge in [-0.15, -0.1) is 0 Å². The first-order valence-corrected chi connectivity index (χ1v) is 8.41. The minimum atomic E-state index is -0.414. The molecule has 1 aromatic carbocycles. The molecular weight excluding hydrogens is 356 g/mol. The summed E-state index contributed by atoms with van der Waals surface area (Å²) < 4.78 is 5.12. The summed E-state index contributed by atoms with van der Waals surface area (Å²) in [4.78, 5) is 16.8. The molecule has 0 bridgehead atoms. The van der Waals surface area contributed by atoms with Crippen molar-refractivity contribution in [1.82, 2.24) is 10.1 Å². The second kappa shape index (κ2) is 7.32. The standard InChI is InChI=1S/C20H18N6O2/c1-10-6-17(28-26-10)18(23)15-7-14(4-5-16(15)22)25-20(27)19-12(3)11(2)13(8-21)9-24-19/h4-7,9,23H,22H2,1-3H3,(H,25,27). The number of benzene rings is 1. The summed E-state index contributed by atoms with van der Waals surface area (Å²) in [7, 11) is 0. The molecular formula is C20H18N6O2. The molecule has 0 radical (unpaired) electrons. The number of carbonyl (C=O) groups is 1. The van der Waals surface area contributed by atoms with Gasteiger partial charge in [-0.1, -0.05) is 5.16 Å². The molecule has 4 N–H and O–H groups in total. The number of aryl methyl sites for hydroxylation is 1. The Hall–Kier alpha value is -3.99. The first-order valence-electron chi connectivity index (χ1n) is 8.41. The topological polar surface area (TPSA) is 142 Å². The lowest BCUT2D eigenvalue weighted by molar-refractivity contribution is 0.102. The van der Waals surface area contributed by atoms with Gasteiger partial charge in [-0.25, -0.2) is 4.98 Å². The van der Waals surface area contributed by atoms with E-state index in [4.69, 9.17) is 20.9 Å². The summed E-state index contributed by atoms with van der Waals surface area (Å²) in [6.07, 6.45) is 1.38. The zero-order chi connectivity index (χ0) is 20.4. The molecule has 0 saturated heterocycles. The molecule has 0 aliphatic rings. The SMILES string of the molecule is Cc1cc(C(=N)c2cc(NC(=O)c3ncc(C#N)c(C)c3C)ccc2N)on1. The quantitative estimate of drug-likeness (QED) is 0.473. The first kappa shape index (κ1) is 18.8. The molecule has 0 atom stereocenters. The Labute approximate surface area is 161 Å². The van der Waals surface area contributed by atoms with Crippen molar-refractivity contribution >= 4 is 23.0 Å². The van der Waals surface area contributed by atoms with Crippen molar-refractivity contribution in [3.8, 4) is 6.07 Å². The number of aromatic nitrogens is 2. The number of nitrogens with two attached hydrogens (primary N) is 1. The molecule has 0 saturated carbocycles. The predicted octanol–water partition coefficient (Wildman–Crippen LogP) is 3.12. The van der Waals surface area contributed by atoms with E-state index in [1.165, 1.54) is 6.20 Å². The Morgan fingerprint density at radius 3 is 2.64 bits per heavy atom. The summed E-state index contributed by atoms with van der Waals surface area (Å²) in [5, 5.41) is 23.9. The number of pyridine rings is 1. The Bertz CT molecular complexity index is 1140. The third-order valence-corrected chi connectivity index (χ3v) is 4.43. The fourth-order valence-electron chi connectivity index (χ4n) is 2.70. The molecule has 0 fully saturated rings. The second-order valence-electron chi connectivity index (χ2n) is 6.35. The van der Waals surface area contributed by atoms with Crippen LogP contribution >= 0.6 is 0 Å². The third kappa shape index (κ3) is 3.46. The van der Waals surface area contributed by atoms with Gasteiger partial charge in [0, 0.05) is 29.2 Å². The molecule has 140 valence electrons. The molecule has 3 rings (SSSR count). The molecule has 0 unspecified atom stereocenters. The maximum atomic E-state index is 12.7. The number of anilines is 2. The fourth-order valence-corrected chi connectivity index (χ4v) is 2.70. The monoisotopic (exact) mass is 374 g/mol. The molecule has 0 spiro atoms. The zero-order valence-electron chi connectivity index (χ0n) is 15.6. The molecule has 0 aliphatic heterocycles. The van der Waals surface area contributed by atoms with Crippen molar-refractivity contribution in [3.05, 3.63) is 69.9 Å². The molecule has 8 nitrogen and oxygen atoms in total. The van der Waals surface area contributed by atoms with Gasteiger partial charge in [-0.05, 0) is 50.1 Å². The zero-order valence-corrected chi connectivity index (χ0v) is 15.6. The van der Waals surface area contributed by atoms with Gasteiger partial charge in [0.05, 0.1) is 11.3 Å². The van der Waals surface area contributed by atoms with Crippen LogP contribution in [0.4, 0.5) is 11.4 Å². The minimum absolute atomic E-state index is 0.0673. The highest BCUT2D eigenvalue weighted by Crippen LogP contribution is 2.23. The Morgan fingerprint density at radius 1 is 1.25 bits per heavy atom. The highest BCUT2D eigenvalue weighted by Gasteiger charge is 2.17. The predicted molar refractivity (Wildman–Crippen MR) is 104 cm³/mol. The highest BCUT2D eigenvalue weighted by molar-refractivity contribution is 6.13. The van der Waals surface area contributed by atoms with Gasteiger partial charge >= 0.3 is 0 Å². The van der Waals surface area contributed by atoms with E-state index >= 15 is 0 Å². The van der Waals surface area contributed by atoms with E-state index in [0.29, 0.717) is 39.3 Å². The number of hydrogen-bond acceptors (Lipinski definition) is 7. The number of nitrogen functional groups attached to an aromatic ring is 1. The van der Waals surface area contributed by atoms with Crippen molar-refractivity contribution < 1.29 is 9.32 Å². The van der Waals surface area contributed by atoms with Crippen LogP contribution in [0.3, 0.4) is 0 Å². The minimum Gasteiger partial charge on any atom is -0.398 e. The molecule has 28 heavy (non-hydrogen) atoms. The van der Waals surface area contributed by atoms with E-state index < -0.39 is 5.91 Å². The van der Waals surface area contributed by atoms with E-state index in [1.54, 1.807) is 45.0 Å². The van der Waals surface area contributed by atoms with E-state index in [9.17, 15) is 4.79 Å². The van der Waals surface area contributed by atoms with Gasteiger partial charge in [-0.2, -0.15) is 5.26 Å². The van der Waals surface area contributed by atoms with Gasteiger partial charge in [0.25, 0.3) is 5.91 Å². The van der Waals surface area contributed by atoms with Crippen LogP contribution in [0.25, 0.3) is 0 Å². The van der Waals surface area contributed by atoms with Crippen LogP contribution in [0.15, 0.2) is 35.0 Å². The summed E-state index contributed by atoms with van der Waals surface area (Å²) in [5.41, 5.74) is 9.97. The van der Waals surface area contributed by atoms with Crippen molar-refractivity contribution in [2.75, 3.05) is 11.1 Å². The summed E-state index contributed by atoms with van der Waals surface area (Å²) in [6, 6.07) is 8.53. The second-order valence-corrected chi connectivity index (χ2v) is 6.35. The third-order valence-electron chi connectivity index (χ3n) is 4.43. The first-order chi connectivity index (χ1) is 13.3. The van der Waals surface area contributed by atoms with Crippen LogP contribution in [-0.2, 0) is 0 Å². The van der Waals surface area contributed by atoms with Crippen LogP contribution in [0.5, 0.6) is 0 Å². The summed E-state index contributed by atoms with van der Waals surface area (Å²) in [6.45, 7) is 5.28. The molecule has 3 aromatic rings. The average molecular weight is 374 g/mol. The van der Waals surface area contributed by atoms with Crippen LogP contribution in [0.1, 0.15) is 44.2 Å². The van der Waals surface area contributed by atoms with Crippen LogP contribution in [0, 0.1) is 37.5 Å². The Morgan fingerprint density at radius 2 is 2.00 bits per heavy atom. The number of nitriles is 1. The number of amides is 1. The Balaban J connectivity index is 1.90. The molecule has 1 amide bonds. The van der Waals surface area contributed by atoms with Gasteiger partial charge in [0.1, 0.15) is 17.5 Å². The molecule has 2 aromatic heterocycles. The molecule has 0 aliphatic carbocycles. The summed E-state index contributed by atoms with van der Waals surface area (Å²) >= 11 is 0. The lowest BCUT2D eigenvalue weighted by Crippen LogP contribution is -2.17. The van der Waals surface area contributed by atoms with Crippen molar-refractivity contribution in [2.45, 2.75) is 20.8 Å². The Kier molecular flexibility index (Phi) is 4.92. The van der Waals surface area contributed by atoms with E-state index in [-0.39, 0.29) is 17.2 Å². The van der Waals surface area contributed by atoms with Gasteiger partial charge in [-0.3, -0.25) is 10.2 Å². The van der Waals surface area contributed by atoms with Crippen LogP contribution < -0.4 is 11.1 Å². The molecule has 8 heteroatoms. The fraction of sp³-hybridized carbons (Fsp3) is 0.150. The smallest absolute Gasteiger partial charge is 0.274 e. The maximum Gasteiger partial charge on any atom is 0.274 e. The van der Waals surface area contributed by atoms with Crippen LogP contribution in [-0.4, -0.2) is 21.8 Å². The maximum absolute atomic E-state index is 12.7. The number of hydrogen-bond donors (Lipinski definition) is 3.